The second-order valence-electron chi connectivity index (χ2n) is 6.56. The van der Waals surface area contributed by atoms with Crippen LogP contribution in [0, 0.1) is 28.6 Å². The third-order valence-corrected chi connectivity index (χ3v) is 5.51. The molecule has 0 atom stereocenters. The summed E-state index contributed by atoms with van der Waals surface area (Å²) in [6.07, 6.45) is -3.48. The SMILES string of the molecule is COCC(F)(F)Oc1ccc(-c2c(C#N)c(N)nc(SCC3COC3)c2C#N)cc1. The maximum Gasteiger partial charge on any atom is 0.421 e. The third kappa shape index (κ3) is 4.79. The zero-order valence-electron chi connectivity index (χ0n) is 16.0. The molecular formula is C20H18F2N4O3S. The van der Waals surface area contributed by atoms with Crippen molar-refractivity contribution in [3.63, 3.8) is 0 Å². The lowest BCUT2D eigenvalue weighted by atomic mass is 9.97. The zero-order chi connectivity index (χ0) is 21.7. The molecule has 0 unspecified atom stereocenters. The van der Waals surface area contributed by atoms with Gasteiger partial charge in [0.15, 0.2) is 0 Å². The van der Waals surface area contributed by atoms with Crippen LogP contribution in [0.3, 0.4) is 0 Å². The van der Waals surface area contributed by atoms with Gasteiger partial charge in [-0.3, -0.25) is 0 Å². The van der Waals surface area contributed by atoms with Crippen molar-refractivity contribution in [3.8, 4) is 29.0 Å². The average molecular weight is 432 g/mol. The Labute approximate surface area is 176 Å². The van der Waals surface area contributed by atoms with Crippen molar-refractivity contribution in [2.24, 2.45) is 5.92 Å². The van der Waals surface area contributed by atoms with Crippen molar-refractivity contribution in [3.05, 3.63) is 35.4 Å². The molecule has 0 bridgehead atoms. The summed E-state index contributed by atoms with van der Waals surface area (Å²) < 4.78 is 41.4. The molecule has 0 saturated carbocycles. The standard InChI is InChI=1S/C20H18F2N4O3S/c1-27-11-20(21,22)29-14-4-2-13(3-5-14)17-15(6-23)18(25)26-19(16(17)7-24)30-10-12-8-28-9-12/h2-5,12H,8-11H2,1H3,(H2,25,26). The Morgan fingerprint density at radius 3 is 2.43 bits per heavy atom. The lowest BCUT2D eigenvalue weighted by molar-refractivity contribution is -0.206. The Hall–Kier alpha value is -2.92. The molecule has 1 aromatic carbocycles. The van der Waals surface area contributed by atoms with Crippen LogP contribution < -0.4 is 10.5 Å². The van der Waals surface area contributed by atoms with Crippen LogP contribution in [0.15, 0.2) is 29.3 Å². The number of thioether (sulfide) groups is 1. The van der Waals surface area contributed by atoms with Gasteiger partial charge in [0.25, 0.3) is 0 Å². The number of methoxy groups -OCH3 is 1. The minimum atomic E-state index is -3.48. The number of pyridine rings is 1. The largest absolute Gasteiger partial charge is 0.431 e. The topological polar surface area (TPSA) is 114 Å². The first kappa shape index (κ1) is 21.8. The van der Waals surface area contributed by atoms with E-state index in [9.17, 15) is 19.3 Å². The number of nitrogens with zero attached hydrogens (tertiary/aromatic N) is 3. The second-order valence-corrected chi connectivity index (χ2v) is 7.57. The van der Waals surface area contributed by atoms with Gasteiger partial charge >= 0.3 is 6.11 Å². The number of alkyl halides is 2. The monoisotopic (exact) mass is 432 g/mol. The number of nitrogen functional groups attached to an aromatic ring is 1. The van der Waals surface area contributed by atoms with Gasteiger partial charge in [-0.2, -0.15) is 19.3 Å². The van der Waals surface area contributed by atoms with Gasteiger partial charge in [-0.15, -0.1) is 11.8 Å². The van der Waals surface area contributed by atoms with Crippen molar-refractivity contribution in [2.75, 3.05) is 38.4 Å². The fourth-order valence-electron chi connectivity index (χ4n) is 2.83. The number of hydrogen-bond donors (Lipinski definition) is 1. The fourth-order valence-corrected chi connectivity index (χ4v) is 3.87. The fraction of sp³-hybridized carbons (Fsp3) is 0.350. The third-order valence-electron chi connectivity index (χ3n) is 4.30. The summed E-state index contributed by atoms with van der Waals surface area (Å²) in [4.78, 5) is 4.23. The van der Waals surface area contributed by atoms with E-state index < -0.39 is 12.7 Å². The van der Waals surface area contributed by atoms with E-state index in [1.54, 1.807) is 0 Å². The molecule has 1 fully saturated rings. The van der Waals surface area contributed by atoms with Crippen molar-refractivity contribution >= 4 is 17.6 Å². The molecular weight excluding hydrogens is 414 g/mol. The highest BCUT2D eigenvalue weighted by Gasteiger charge is 2.31. The number of aromatic nitrogens is 1. The number of halogens is 2. The number of benzene rings is 1. The van der Waals surface area contributed by atoms with Crippen LogP contribution in [0.25, 0.3) is 11.1 Å². The number of rotatable bonds is 8. The van der Waals surface area contributed by atoms with Crippen molar-refractivity contribution < 1.29 is 23.0 Å². The predicted octanol–water partition coefficient (Wildman–Crippen LogP) is 3.43. The van der Waals surface area contributed by atoms with E-state index in [1.165, 1.54) is 36.0 Å². The second kappa shape index (κ2) is 9.26. The predicted molar refractivity (Wildman–Crippen MR) is 106 cm³/mol. The van der Waals surface area contributed by atoms with Crippen LogP contribution in [0.2, 0.25) is 0 Å². The molecule has 2 heterocycles. The summed E-state index contributed by atoms with van der Waals surface area (Å²) in [7, 11) is 1.15. The van der Waals surface area contributed by atoms with Gasteiger partial charge in [-0.1, -0.05) is 12.1 Å². The Morgan fingerprint density at radius 2 is 1.90 bits per heavy atom. The number of ether oxygens (including phenoxy) is 3. The van der Waals surface area contributed by atoms with E-state index in [1.807, 2.05) is 6.07 Å². The smallest absolute Gasteiger partial charge is 0.421 e. The van der Waals surface area contributed by atoms with Crippen LogP contribution in [-0.2, 0) is 9.47 Å². The van der Waals surface area contributed by atoms with E-state index in [0.717, 1.165) is 7.11 Å². The Morgan fingerprint density at radius 1 is 1.23 bits per heavy atom. The molecule has 7 nitrogen and oxygen atoms in total. The molecule has 0 radical (unpaired) electrons. The first-order chi connectivity index (χ1) is 14.4. The van der Waals surface area contributed by atoms with Gasteiger partial charge in [0.1, 0.15) is 40.9 Å². The van der Waals surface area contributed by atoms with Gasteiger partial charge in [0, 0.05) is 24.3 Å². The molecule has 10 heteroatoms. The maximum atomic E-state index is 13.6. The number of hydrogen-bond acceptors (Lipinski definition) is 8. The molecule has 0 aliphatic carbocycles. The molecule has 1 aliphatic heterocycles. The van der Waals surface area contributed by atoms with Gasteiger partial charge in [0.2, 0.25) is 0 Å². The van der Waals surface area contributed by atoms with Gasteiger partial charge in [0.05, 0.1) is 18.8 Å². The van der Waals surface area contributed by atoms with E-state index in [0.29, 0.717) is 41.0 Å². The molecule has 0 amide bonds. The van der Waals surface area contributed by atoms with Gasteiger partial charge in [-0.05, 0) is 17.7 Å². The highest BCUT2D eigenvalue weighted by atomic mass is 32.2. The summed E-state index contributed by atoms with van der Waals surface area (Å²) in [5.74, 6) is 0.993. The Balaban J connectivity index is 1.96. The van der Waals surface area contributed by atoms with E-state index in [-0.39, 0.29) is 22.7 Å². The maximum absolute atomic E-state index is 13.6. The number of anilines is 1. The quantitative estimate of drug-likeness (QED) is 0.631. The van der Waals surface area contributed by atoms with Crippen LogP contribution in [0.4, 0.5) is 14.6 Å². The molecule has 1 aromatic heterocycles. The minimum Gasteiger partial charge on any atom is -0.431 e. The summed E-state index contributed by atoms with van der Waals surface area (Å²) in [6.45, 7) is 0.421. The van der Waals surface area contributed by atoms with Crippen LogP contribution in [0.1, 0.15) is 11.1 Å². The summed E-state index contributed by atoms with van der Waals surface area (Å²) in [5.41, 5.74) is 7.02. The normalized spacial score (nSPS) is 13.9. The highest BCUT2D eigenvalue weighted by Crippen LogP contribution is 2.37. The first-order valence-electron chi connectivity index (χ1n) is 8.89. The molecule has 2 N–H and O–H groups in total. The lowest BCUT2D eigenvalue weighted by Gasteiger charge is -2.25. The van der Waals surface area contributed by atoms with Crippen molar-refractivity contribution in [2.45, 2.75) is 11.1 Å². The summed E-state index contributed by atoms with van der Waals surface area (Å²) in [6, 6.07) is 9.73. The van der Waals surface area contributed by atoms with E-state index in [4.69, 9.17) is 10.5 Å². The Bertz CT molecular complexity index is 999. The summed E-state index contributed by atoms with van der Waals surface area (Å²) >= 11 is 1.37. The lowest BCUT2D eigenvalue weighted by Crippen LogP contribution is -2.30. The Kier molecular flexibility index (Phi) is 6.73. The summed E-state index contributed by atoms with van der Waals surface area (Å²) in [5, 5.41) is 19.7. The minimum absolute atomic E-state index is 0.00538. The van der Waals surface area contributed by atoms with Crippen LogP contribution >= 0.6 is 11.8 Å². The van der Waals surface area contributed by atoms with E-state index in [2.05, 4.69) is 20.5 Å². The number of nitriles is 2. The number of nitrogens with two attached hydrogens (primary N) is 1. The molecule has 2 aromatic rings. The van der Waals surface area contributed by atoms with E-state index >= 15 is 0 Å². The van der Waals surface area contributed by atoms with Crippen LogP contribution in [0.5, 0.6) is 5.75 Å². The molecule has 0 spiro atoms. The average Bonchev–Trinajstić information content (AvgIpc) is 2.66. The van der Waals surface area contributed by atoms with Crippen LogP contribution in [-0.4, -0.2) is 43.8 Å². The molecule has 3 rings (SSSR count). The molecule has 156 valence electrons. The zero-order valence-corrected chi connectivity index (χ0v) is 16.8. The first-order valence-corrected chi connectivity index (χ1v) is 9.87. The molecule has 1 aliphatic rings. The molecule has 30 heavy (non-hydrogen) atoms. The van der Waals surface area contributed by atoms with Gasteiger partial charge in [-0.25, -0.2) is 4.98 Å². The van der Waals surface area contributed by atoms with Crippen molar-refractivity contribution in [1.29, 1.82) is 10.5 Å². The van der Waals surface area contributed by atoms with Crippen molar-refractivity contribution in [1.82, 2.24) is 4.98 Å². The molecule has 1 saturated heterocycles. The highest BCUT2D eigenvalue weighted by molar-refractivity contribution is 7.99. The van der Waals surface area contributed by atoms with Gasteiger partial charge < -0.3 is 19.9 Å².